The van der Waals surface area contributed by atoms with Gasteiger partial charge in [0.1, 0.15) is 0 Å². The fraction of sp³-hybridized carbons (Fsp3) is 0.500. The molecule has 0 spiro atoms. The minimum absolute atomic E-state index is 0.0725. The molecule has 0 bridgehead atoms. The van der Waals surface area contributed by atoms with Gasteiger partial charge in [-0.15, -0.1) is 0 Å². The fourth-order valence-corrected chi connectivity index (χ4v) is 3.05. The summed E-state index contributed by atoms with van der Waals surface area (Å²) in [5.74, 6) is 0.556. The molecule has 0 aliphatic carbocycles. The highest BCUT2D eigenvalue weighted by atomic mass is 79.9. The number of benzene rings is 1. The van der Waals surface area contributed by atoms with E-state index in [9.17, 15) is 4.79 Å². The standard InChI is InChI=1S/C18H25BrN2O2/c1-14(2)12-21-9-10-23-16(13-21)11-20-18(22)8-7-15-5-3-4-6-17(15)19/h3-8,14,16H,9-13H2,1-2H3,(H,20,22)/b8-7+. The van der Waals surface area contributed by atoms with E-state index in [0.29, 0.717) is 12.5 Å². The zero-order chi connectivity index (χ0) is 16.7. The molecule has 5 heteroatoms. The summed E-state index contributed by atoms with van der Waals surface area (Å²) in [6.07, 6.45) is 3.45. The van der Waals surface area contributed by atoms with Crippen LogP contribution in [0.4, 0.5) is 0 Å². The number of carbonyl (C=O) groups is 1. The van der Waals surface area contributed by atoms with Crippen LogP contribution in [-0.2, 0) is 9.53 Å². The van der Waals surface area contributed by atoms with E-state index in [1.807, 2.05) is 30.3 Å². The van der Waals surface area contributed by atoms with Crippen molar-refractivity contribution in [3.8, 4) is 0 Å². The predicted molar refractivity (Wildman–Crippen MR) is 97.2 cm³/mol. The van der Waals surface area contributed by atoms with Gasteiger partial charge >= 0.3 is 0 Å². The van der Waals surface area contributed by atoms with E-state index in [1.54, 1.807) is 6.08 Å². The molecule has 1 aliphatic heterocycles. The number of morpholine rings is 1. The molecule has 1 fully saturated rings. The number of halogens is 1. The number of hydrogen-bond donors (Lipinski definition) is 1. The third-order valence-corrected chi connectivity index (χ3v) is 4.39. The minimum atomic E-state index is -0.0923. The fourth-order valence-electron chi connectivity index (χ4n) is 2.64. The van der Waals surface area contributed by atoms with Gasteiger partial charge in [0.25, 0.3) is 0 Å². The van der Waals surface area contributed by atoms with Crippen LogP contribution in [0.2, 0.25) is 0 Å². The number of nitrogens with one attached hydrogen (secondary N) is 1. The van der Waals surface area contributed by atoms with E-state index in [0.717, 1.165) is 36.3 Å². The Labute approximate surface area is 147 Å². The Kier molecular flexibility index (Phi) is 7.27. The number of hydrogen-bond acceptors (Lipinski definition) is 3. The Bertz CT molecular complexity index is 546. The smallest absolute Gasteiger partial charge is 0.244 e. The van der Waals surface area contributed by atoms with E-state index in [2.05, 4.69) is 40.0 Å². The van der Waals surface area contributed by atoms with Gasteiger partial charge in [0, 0.05) is 36.7 Å². The van der Waals surface area contributed by atoms with Crippen molar-refractivity contribution < 1.29 is 9.53 Å². The summed E-state index contributed by atoms with van der Waals surface area (Å²) in [6.45, 7) is 8.66. The van der Waals surface area contributed by atoms with Crippen molar-refractivity contribution in [3.63, 3.8) is 0 Å². The molecule has 1 aromatic carbocycles. The monoisotopic (exact) mass is 380 g/mol. The maximum absolute atomic E-state index is 11.9. The molecular weight excluding hydrogens is 356 g/mol. The number of amides is 1. The van der Waals surface area contributed by atoms with E-state index < -0.39 is 0 Å². The van der Waals surface area contributed by atoms with Gasteiger partial charge < -0.3 is 10.1 Å². The summed E-state index contributed by atoms with van der Waals surface area (Å²) >= 11 is 3.47. The average molecular weight is 381 g/mol. The molecule has 4 nitrogen and oxygen atoms in total. The molecule has 0 radical (unpaired) electrons. The molecule has 1 aliphatic rings. The Morgan fingerprint density at radius 3 is 3.00 bits per heavy atom. The summed E-state index contributed by atoms with van der Waals surface area (Å²) < 4.78 is 6.71. The molecule has 126 valence electrons. The van der Waals surface area contributed by atoms with E-state index in [1.165, 1.54) is 0 Å². The highest BCUT2D eigenvalue weighted by Crippen LogP contribution is 2.16. The highest BCUT2D eigenvalue weighted by Gasteiger charge is 2.20. The molecule has 1 heterocycles. The summed E-state index contributed by atoms with van der Waals surface area (Å²) in [7, 11) is 0. The van der Waals surface area contributed by atoms with Gasteiger partial charge in [-0.1, -0.05) is 48.0 Å². The lowest BCUT2D eigenvalue weighted by molar-refractivity contribution is -0.117. The van der Waals surface area contributed by atoms with Gasteiger partial charge in [-0.3, -0.25) is 9.69 Å². The van der Waals surface area contributed by atoms with Crippen LogP contribution in [0.5, 0.6) is 0 Å². The van der Waals surface area contributed by atoms with Gasteiger partial charge in [0.2, 0.25) is 5.91 Å². The Balaban J connectivity index is 1.77. The average Bonchev–Trinajstić information content (AvgIpc) is 2.52. The molecule has 23 heavy (non-hydrogen) atoms. The SMILES string of the molecule is CC(C)CN1CCOC(CNC(=O)/C=C/c2ccccc2Br)C1. The molecule has 1 atom stereocenters. The number of nitrogens with zero attached hydrogens (tertiary/aromatic N) is 1. The van der Waals surface area contributed by atoms with E-state index in [4.69, 9.17) is 4.74 Å². The van der Waals surface area contributed by atoms with Gasteiger partial charge in [0.05, 0.1) is 12.7 Å². The molecule has 1 unspecified atom stereocenters. The molecule has 0 aromatic heterocycles. The third kappa shape index (κ3) is 6.45. The molecule has 1 aromatic rings. The van der Waals surface area contributed by atoms with Gasteiger partial charge in [0.15, 0.2) is 0 Å². The molecule has 1 amide bonds. The van der Waals surface area contributed by atoms with Gasteiger partial charge in [-0.25, -0.2) is 0 Å². The second kappa shape index (κ2) is 9.21. The zero-order valence-corrected chi connectivity index (χ0v) is 15.4. The third-order valence-electron chi connectivity index (χ3n) is 3.67. The van der Waals surface area contributed by atoms with Crippen LogP contribution in [0.25, 0.3) is 6.08 Å². The van der Waals surface area contributed by atoms with Gasteiger partial charge in [-0.05, 0) is 23.6 Å². The maximum atomic E-state index is 11.9. The van der Waals surface area contributed by atoms with Crippen LogP contribution in [0, 0.1) is 5.92 Å². The quantitative estimate of drug-likeness (QED) is 0.771. The van der Waals surface area contributed by atoms with Crippen molar-refractivity contribution in [3.05, 3.63) is 40.4 Å². The van der Waals surface area contributed by atoms with Crippen molar-refractivity contribution in [2.75, 3.05) is 32.8 Å². The van der Waals surface area contributed by atoms with Crippen LogP contribution < -0.4 is 5.32 Å². The molecule has 1 saturated heterocycles. The second-order valence-corrected chi connectivity index (χ2v) is 7.10. The maximum Gasteiger partial charge on any atom is 0.244 e. The summed E-state index contributed by atoms with van der Waals surface area (Å²) in [4.78, 5) is 14.4. The first kappa shape index (κ1) is 18.2. The molecule has 0 saturated carbocycles. The number of carbonyl (C=O) groups excluding carboxylic acids is 1. The molecule has 1 N–H and O–H groups in total. The lowest BCUT2D eigenvalue weighted by Gasteiger charge is -2.33. The Morgan fingerprint density at radius 1 is 1.48 bits per heavy atom. The van der Waals surface area contributed by atoms with Crippen LogP contribution in [-0.4, -0.2) is 49.7 Å². The summed E-state index contributed by atoms with van der Waals surface area (Å²) in [5.41, 5.74) is 0.986. The van der Waals surface area contributed by atoms with Crippen LogP contribution >= 0.6 is 15.9 Å². The Hall–Kier alpha value is -1.17. The van der Waals surface area contributed by atoms with Crippen LogP contribution in [0.3, 0.4) is 0 Å². The van der Waals surface area contributed by atoms with Crippen molar-refractivity contribution in [1.29, 1.82) is 0 Å². The topological polar surface area (TPSA) is 41.6 Å². The van der Waals surface area contributed by atoms with Crippen molar-refractivity contribution >= 4 is 27.9 Å². The molecular formula is C18H25BrN2O2. The largest absolute Gasteiger partial charge is 0.374 e. The van der Waals surface area contributed by atoms with E-state index >= 15 is 0 Å². The normalized spacial score (nSPS) is 19.4. The summed E-state index contributed by atoms with van der Waals surface area (Å²) in [6, 6.07) is 7.81. The first-order valence-electron chi connectivity index (χ1n) is 8.09. The lowest BCUT2D eigenvalue weighted by Crippen LogP contribution is -2.48. The van der Waals surface area contributed by atoms with E-state index in [-0.39, 0.29) is 12.0 Å². The first-order valence-corrected chi connectivity index (χ1v) is 8.88. The molecule has 2 rings (SSSR count). The van der Waals surface area contributed by atoms with Crippen molar-refractivity contribution in [2.24, 2.45) is 5.92 Å². The van der Waals surface area contributed by atoms with Crippen LogP contribution in [0.1, 0.15) is 19.4 Å². The van der Waals surface area contributed by atoms with Crippen molar-refractivity contribution in [1.82, 2.24) is 10.2 Å². The highest BCUT2D eigenvalue weighted by molar-refractivity contribution is 9.10. The number of ether oxygens (including phenoxy) is 1. The first-order chi connectivity index (χ1) is 11.0. The predicted octanol–water partition coefficient (Wildman–Crippen LogP) is 2.94. The van der Waals surface area contributed by atoms with Crippen LogP contribution in [0.15, 0.2) is 34.8 Å². The van der Waals surface area contributed by atoms with Crippen molar-refractivity contribution in [2.45, 2.75) is 20.0 Å². The summed E-state index contributed by atoms with van der Waals surface area (Å²) in [5, 5.41) is 2.92. The minimum Gasteiger partial charge on any atom is -0.374 e. The zero-order valence-electron chi connectivity index (χ0n) is 13.8. The van der Waals surface area contributed by atoms with Gasteiger partial charge in [-0.2, -0.15) is 0 Å². The Morgan fingerprint density at radius 2 is 2.26 bits per heavy atom. The number of rotatable bonds is 6. The lowest BCUT2D eigenvalue weighted by atomic mass is 10.2. The second-order valence-electron chi connectivity index (χ2n) is 6.25.